The van der Waals surface area contributed by atoms with Gasteiger partial charge in [-0.3, -0.25) is 11.3 Å². The van der Waals surface area contributed by atoms with Crippen molar-refractivity contribution in [2.75, 3.05) is 5.75 Å². The van der Waals surface area contributed by atoms with E-state index >= 15 is 0 Å². The first-order chi connectivity index (χ1) is 6.72. The fraction of sp³-hybridized carbons (Fsp3) is 1.00. The van der Waals surface area contributed by atoms with Crippen LogP contribution in [0.4, 0.5) is 0 Å². The molecule has 0 heterocycles. The summed E-state index contributed by atoms with van der Waals surface area (Å²) in [6.45, 7) is 4.51. The second-order valence-electron chi connectivity index (χ2n) is 4.73. The van der Waals surface area contributed by atoms with E-state index in [1.807, 2.05) is 0 Å². The summed E-state index contributed by atoms with van der Waals surface area (Å²) in [6, 6.07) is 0.501. The SMILES string of the molecule is CC(C)CC(CSC1CCCC1)NN. The third-order valence-electron chi connectivity index (χ3n) is 2.83. The van der Waals surface area contributed by atoms with Gasteiger partial charge in [-0.1, -0.05) is 26.7 Å². The van der Waals surface area contributed by atoms with Gasteiger partial charge in [0.25, 0.3) is 0 Å². The standard InChI is InChI=1S/C11H24N2S/c1-9(2)7-10(13-12)8-14-11-5-3-4-6-11/h9-11,13H,3-8,12H2,1-2H3. The lowest BCUT2D eigenvalue weighted by atomic mass is 10.1. The molecule has 1 rings (SSSR count). The van der Waals surface area contributed by atoms with Crippen molar-refractivity contribution in [1.82, 2.24) is 5.43 Å². The van der Waals surface area contributed by atoms with E-state index in [0.717, 1.165) is 11.2 Å². The Morgan fingerprint density at radius 1 is 1.36 bits per heavy atom. The highest BCUT2D eigenvalue weighted by atomic mass is 32.2. The fourth-order valence-corrected chi connectivity index (χ4v) is 3.46. The van der Waals surface area contributed by atoms with Crippen LogP contribution < -0.4 is 11.3 Å². The molecular formula is C11H24N2S. The van der Waals surface area contributed by atoms with E-state index in [2.05, 4.69) is 31.0 Å². The van der Waals surface area contributed by atoms with E-state index in [1.165, 1.54) is 37.9 Å². The van der Waals surface area contributed by atoms with Gasteiger partial charge in [-0.25, -0.2) is 0 Å². The quantitative estimate of drug-likeness (QED) is 0.529. The Labute approximate surface area is 92.4 Å². The van der Waals surface area contributed by atoms with E-state index in [9.17, 15) is 0 Å². The molecule has 0 aromatic heterocycles. The van der Waals surface area contributed by atoms with E-state index in [4.69, 9.17) is 5.84 Å². The van der Waals surface area contributed by atoms with Gasteiger partial charge in [0.2, 0.25) is 0 Å². The molecule has 2 nitrogen and oxygen atoms in total. The van der Waals surface area contributed by atoms with E-state index in [-0.39, 0.29) is 0 Å². The monoisotopic (exact) mass is 216 g/mol. The zero-order chi connectivity index (χ0) is 10.4. The smallest absolute Gasteiger partial charge is 0.0303 e. The van der Waals surface area contributed by atoms with Crippen LogP contribution in [-0.2, 0) is 0 Å². The molecule has 0 bridgehead atoms. The number of hydrazine groups is 1. The highest BCUT2D eigenvalue weighted by Gasteiger charge is 2.17. The molecule has 1 saturated carbocycles. The van der Waals surface area contributed by atoms with Gasteiger partial charge in [-0.2, -0.15) is 11.8 Å². The minimum Gasteiger partial charge on any atom is -0.271 e. The molecule has 3 N–H and O–H groups in total. The third kappa shape index (κ3) is 4.67. The maximum Gasteiger partial charge on any atom is 0.0303 e. The van der Waals surface area contributed by atoms with Crippen molar-refractivity contribution < 1.29 is 0 Å². The lowest BCUT2D eigenvalue weighted by Crippen LogP contribution is -2.38. The molecular weight excluding hydrogens is 192 g/mol. The van der Waals surface area contributed by atoms with Crippen molar-refractivity contribution in [2.24, 2.45) is 11.8 Å². The number of thioether (sulfide) groups is 1. The summed E-state index contributed by atoms with van der Waals surface area (Å²) >= 11 is 2.12. The molecule has 1 aliphatic rings. The summed E-state index contributed by atoms with van der Waals surface area (Å²) in [5, 5.41) is 0.915. The number of nitrogens with two attached hydrogens (primary N) is 1. The maximum absolute atomic E-state index is 5.54. The van der Waals surface area contributed by atoms with Crippen molar-refractivity contribution in [1.29, 1.82) is 0 Å². The van der Waals surface area contributed by atoms with Crippen molar-refractivity contribution in [2.45, 2.75) is 57.2 Å². The van der Waals surface area contributed by atoms with E-state index < -0.39 is 0 Å². The Kier molecular flexibility index (Phi) is 5.90. The van der Waals surface area contributed by atoms with Crippen LogP contribution in [0.25, 0.3) is 0 Å². The zero-order valence-corrected chi connectivity index (χ0v) is 10.3. The van der Waals surface area contributed by atoms with Crippen LogP contribution >= 0.6 is 11.8 Å². The summed E-state index contributed by atoms with van der Waals surface area (Å²) in [7, 11) is 0. The summed E-state index contributed by atoms with van der Waals surface area (Å²) in [6.07, 6.45) is 6.90. The molecule has 0 saturated heterocycles. The van der Waals surface area contributed by atoms with Crippen LogP contribution in [-0.4, -0.2) is 17.0 Å². The average Bonchev–Trinajstić information content (AvgIpc) is 2.64. The Hall–Kier alpha value is 0.270. The second kappa shape index (κ2) is 6.70. The molecule has 0 aromatic rings. The Balaban J connectivity index is 2.12. The Morgan fingerprint density at radius 3 is 2.50 bits per heavy atom. The predicted molar refractivity (Wildman–Crippen MR) is 65.3 cm³/mol. The van der Waals surface area contributed by atoms with Crippen molar-refractivity contribution in [3.8, 4) is 0 Å². The van der Waals surface area contributed by atoms with Crippen LogP contribution in [0.15, 0.2) is 0 Å². The van der Waals surface area contributed by atoms with Gasteiger partial charge in [0.05, 0.1) is 0 Å². The maximum atomic E-state index is 5.54. The lowest BCUT2D eigenvalue weighted by molar-refractivity contribution is 0.455. The molecule has 3 heteroatoms. The van der Waals surface area contributed by atoms with Crippen LogP contribution in [0.3, 0.4) is 0 Å². The average molecular weight is 216 g/mol. The molecule has 14 heavy (non-hydrogen) atoms. The second-order valence-corrected chi connectivity index (χ2v) is 6.07. The first kappa shape index (κ1) is 12.3. The molecule has 1 unspecified atom stereocenters. The molecule has 1 aliphatic carbocycles. The van der Waals surface area contributed by atoms with Gasteiger partial charge < -0.3 is 0 Å². The van der Waals surface area contributed by atoms with Gasteiger partial charge in [0.15, 0.2) is 0 Å². The highest BCUT2D eigenvalue weighted by Crippen LogP contribution is 2.30. The first-order valence-electron chi connectivity index (χ1n) is 5.80. The summed E-state index contributed by atoms with van der Waals surface area (Å²) in [5.74, 6) is 7.46. The molecule has 0 radical (unpaired) electrons. The highest BCUT2D eigenvalue weighted by molar-refractivity contribution is 7.99. The summed E-state index contributed by atoms with van der Waals surface area (Å²) < 4.78 is 0. The van der Waals surface area contributed by atoms with Gasteiger partial charge in [0, 0.05) is 17.0 Å². The molecule has 0 aliphatic heterocycles. The fourth-order valence-electron chi connectivity index (χ4n) is 2.06. The van der Waals surface area contributed by atoms with Crippen LogP contribution in [0, 0.1) is 5.92 Å². The summed E-state index contributed by atoms with van der Waals surface area (Å²) in [4.78, 5) is 0. The van der Waals surface area contributed by atoms with E-state index in [0.29, 0.717) is 6.04 Å². The molecule has 0 amide bonds. The van der Waals surface area contributed by atoms with Crippen molar-refractivity contribution >= 4 is 11.8 Å². The first-order valence-corrected chi connectivity index (χ1v) is 6.85. The van der Waals surface area contributed by atoms with Crippen molar-refractivity contribution in [3.63, 3.8) is 0 Å². The molecule has 0 spiro atoms. The molecule has 0 aromatic carbocycles. The molecule has 1 fully saturated rings. The normalized spacial score (nSPS) is 20.6. The minimum atomic E-state index is 0.501. The Bertz CT molecular complexity index is 144. The molecule has 84 valence electrons. The topological polar surface area (TPSA) is 38.0 Å². The van der Waals surface area contributed by atoms with Crippen LogP contribution in [0.2, 0.25) is 0 Å². The van der Waals surface area contributed by atoms with Gasteiger partial charge in [-0.05, 0) is 25.2 Å². The predicted octanol–water partition coefficient (Wildman–Crippen LogP) is 2.54. The number of rotatable bonds is 6. The van der Waals surface area contributed by atoms with Crippen LogP contribution in [0.1, 0.15) is 46.0 Å². The van der Waals surface area contributed by atoms with Crippen molar-refractivity contribution in [3.05, 3.63) is 0 Å². The zero-order valence-electron chi connectivity index (χ0n) is 9.46. The van der Waals surface area contributed by atoms with Crippen LogP contribution in [0.5, 0.6) is 0 Å². The number of hydrogen-bond donors (Lipinski definition) is 2. The minimum absolute atomic E-state index is 0.501. The summed E-state index contributed by atoms with van der Waals surface area (Å²) in [5.41, 5.74) is 2.94. The number of nitrogens with one attached hydrogen (secondary N) is 1. The van der Waals surface area contributed by atoms with Gasteiger partial charge in [-0.15, -0.1) is 0 Å². The number of hydrogen-bond acceptors (Lipinski definition) is 3. The van der Waals surface area contributed by atoms with Gasteiger partial charge >= 0.3 is 0 Å². The Morgan fingerprint density at radius 2 is 2.00 bits per heavy atom. The molecule has 1 atom stereocenters. The van der Waals surface area contributed by atoms with E-state index in [1.54, 1.807) is 0 Å². The van der Waals surface area contributed by atoms with Gasteiger partial charge in [0.1, 0.15) is 0 Å². The third-order valence-corrected chi connectivity index (χ3v) is 4.36. The lowest BCUT2D eigenvalue weighted by Gasteiger charge is -2.19. The largest absolute Gasteiger partial charge is 0.271 e.